The summed E-state index contributed by atoms with van der Waals surface area (Å²) in [5, 5.41) is 3.16. The molecule has 0 spiro atoms. The van der Waals surface area contributed by atoms with E-state index in [-0.39, 0.29) is 5.41 Å². The number of aromatic nitrogens is 1. The standard InChI is InChI=1S/C9H15NOS/c1-9(2,3)7-6-12-8(10-7)5-11-4/h6H,5H2,1-4H3. The Kier molecular flexibility index (Phi) is 2.85. The lowest BCUT2D eigenvalue weighted by Gasteiger charge is -2.14. The van der Waals surface area contributed by atoms with E-state index in [0.717, 1.165) is 10.7 Å². The van der Waals surface area contributed by atoms with Crippen LogP contribution in [0.3, 0.4) is 0 Å². The van der Waals surface area contributed by atoms with Gasteiger partial charge in [0.1, 0.15) is 5.01 Å². The summed E-state index contributed by atoms with van der Waals surface area (Å²) in [6.07, 6.45) is 0. The molecule has 68 valence electrons. The molecule has 0 saturated heterocycles. The molecule has 0 aliphatic heterocycles. The molecule has 1 aromatic rings. The smallest absolute Gasteiger partial charge is 0.119 e. The summed E-state index contributed by atoms with van der Waals surface area (Å²) >= 11 is 1.66. The van der Waals surface area contributed by atoms with Crippen LogP contribution in [-0.2, 0) is 16.8 Å². The van der Waals surface area contributed by atoms with E-state index in [1.165, 1.54) is 0 Å². The fourth-order valence-corrected chi connectivity index (χ4v) is 1.84. The molecule has 1 aromatic heterocycles. The van der Waals surface area contributed by atoms with E-state index in [0.29, 0.717) is 6.61 Å². The van der Waals surface area contributed by atoms with Gasteiger partial charge < -0.3 is 4.74 Å². The van der Waals surface area contributed by atoms with Gasteiger partial charge in [-0.2, -0.15) is 0 Å². The van der Waals surface area contributed by atoms with Crippen molar-refractivity contribution in [2.45, 2.75) is 32.8 Å². The normalized spacial score (nSPS) is 12.0. The number of hydrogen-bond acceptors (Lipinski definition) is 3. The third-order valence-electron chi connectivity index (χ3n) is 1.59. The van der Waals surface area contributed by atoms with Crippen LogP contribution in [-0.4, -0.2) is 12.1 Å². The molecule has 0 fully saturated rings. The fourth-order valence-electron chi connectivity index (χ4n) is 0.845. The minimum atomic E-state index is 0.155. The molecule has 0 amide bonds. The highest BCUT2D eigenvalue weighted by Crippen LogP contribution is 2.23. The minimum Gasteiger partial charge on any atom is -0.378 e. The molecule has 0 aromatic carbocycles. The molecule has 0 unspecified atom stereocenters. The summed E-state index contributed by atoms with van der Waals surface area (Å²) in [5.41, 5.74) is 1.31. The van der Waals surface area contributed by atoms with Gasteiger partial charge in [-0.05, 0) is 0 Å². The molecule has 2 nitrogen and oxygen atoms in total. The van der Waals surface area contributed by atoms with E-state index in [2.05, 4.69) is 31.1 Å². The molecule has 3 heteroatoms. The zero-order chi connectivity index (χ0) is 9.19. The van der Waals surface area contributed by atoms with Crippen molar-refractivity contribution >= 4 is 11.3 Å². The van der Waals surface area contributed by atoms with Gasteiger partial charge in [0.2, 0.25) is 0 Å². The number of ether oxygens (including phenoxy) is 1. The van der Waals surface area contributed by atoms with Crippen LogP contribution in [0.15, 0.2) is 5.38 Å². The van der Waals surface area contributed by atoms with Crippen molar-refractivity contribution in [2.24, 2.45) is 0 Å². The molecule has 0 N–H and O–H groups in total. The van der Waals surface area contributed by atoms with E-state index in [9.17, 15) is 0 Å². The van der Waals surface area contributed by atoms with Crippen LogP contribution >= 0.6 is 11.3 Å². The van der Waals surface area contributed by atoms with Crippen LogP contribution in [0.2, 0.25) is 0 Å². The number of hydrogen-bond donors (Lipinski definition) is 0. The lowest BCUT2D eigenvalue weighted by atomic mass is 9.93. The van der Waals surface area contributed by atoms with Crippen molar-refractivity contribution in [2.75, 3.05) is 7.11 Å². The second kappa shape index (κ2) is 3.54. The highest BCUT2D eigenvalue weighted by molar-refractivity contribution is 7.09. The molecule has 0 aliphatic carbocycles. The second-order valence-electron chi connectivity index (χ2n) is 3.81. The average Bonchev–Trinajstić information content (AvgIpc) is 2.35. The summed E-state index contributed by atoms with van der Waals surface area (Å²) in [6, 6.07) is 0. The van der Waals surface area contributed by atoms with Gasteiger partial charge >= 0.3 is 0 Å². The van der Waals surface area contributed by atoms with Crippen molar-refractivity contribution in [3.63, 3.8) is 0 Å². The first kappa shape index (κ1) is 9.68. The maximum atomic E-state index is 5.00. The van der Waals surface area contributed by atoms with E-state index < -0.39 is 0 Å². The monoisotopic (exact) mass is 185 g/mol. The van der Waals surface area contributed by atoms with Crippen molar-refractivity contribution in [1.82, 2.24) is 4.98 Å². The lowest BCUT2D eigenvalue weighted by molar-refractivity contribution is 0.184. The SMILES string of the molecule is COCc1nc(C(C)(C)C)cs1. The van der Waals surface area contributed by atoms with Crippen molar-refractivity contribution < 1.29 is 4.74 Å². The molecular formula is C9H15NOS. The first-order chi connectivity index (χ1) is 5.54. The van der Waals surface area contributed by atoms with Gasteiger partial charge in [-0.15, -0.1) is 11.3 Å². The van der Waals surface area contributed by atoms with Crippen molar-refractivity contribution in [1.29, 1.82) is 0 Å². The van der Waals surface area contributed by atoms with E-state index in [4.69, 9.17) is 4.74 Å². The van der Waals surface area contributed by atoms with Crippen LogP contribution in [0.5, 0.6) is 0 Å². The zero-order valence-electron chi connectivity index (χ0n) is 8.05. The maximum Gasteiger partial charge on any atom is 0.119 e. The quantitative estimate of drug-likeness (QED) is 0.706. The molecule has 0 bridgehead atoms. The Balaban J connectivity index is 2.77. The molecule has 0 atom stereocenters. The average molecular weight is 185 g/mol. The van der Waals surface area contributed by atoms with Gasteiger partial charge in [-0.1, -0.05) is 20.8 Å². The largest absolute Gasteiger partial charge is 0.378 e. The maximum absolute atomic E-state index is 5.00. The summed E-state index contributed by atoms with van der Waals surface area (Å²) in [6.45, 7) is 7.12. The Hall–Kier alpha value is -0.410. The Morgan fingerprint density at radius 3 is 2.58 bits per heavy atom. The molecule has 0 saturated carbocycles. The summed E-state index contributed by atoms with van der Waals surface area (Å²) in [7, 11) is 1.69. The van der Waals surface area contributed by atoms with Gasteiger partial charge in [0.25, 0.3) is 0 Å². The van der Waals surface area contributed by atoms with Crippen LogP contribution < -0.4 is 0 Å². The van der Waals surface area contributed by atoms with Crippen LogP contribution in [0.4, 0.5) is 0 Å². The van der Waals surface area contributed by atoms with E-state index >= 15 is 0 Å². The van der Waals surface area contributed by atoms with Gasteiger partial charge in [-0.25, -0.2) is 4.98 Å². The van der Waals surface area contributed by atoms with Gasteiger partial charge in [0.15, 0.2) is 0 Å². The highest BCUT2D eigenvalue weighted by Gasteiger charge is 2.16. The summed E-state index contributed by atoms with van der Waals surface area (Å²) < 4.78 is 5.00. The third-order valence-corrected chi connectivity index (χ3v) is 2.41. The molecule has 0 aliphatic rings. The molecule has 0 radical (unpaired) electrons. The summed E-state index contributed by atoms with van der Waals surface area (Å²) in [5.74, 6) is 0. The summed E-state index contributed by atoms with van der Waals surface area (Å²) in [4.78, 5) is 4.46. The minimum absolute atomic E-state index is 0.155. The Morgan fingerprint density at radius 2 is 2.17 bits per heavy atom. The highest BCUT2D eigenvalue weighted by atomic mass is 32.1. The molecule has 1 rings (SSSR count). The number of rotatable bonds is 2. The predicted molar refractivity (Wildman–Crippen MR) is 51.5 cm³/mol. The first-order valence-electron chi connectivity index (χ1n) is 3.98. The Bertz CT molecular complexity index is 249. The van der Waals surface area contributed by atoms with Gasteiger partial charge in [0, 0.05) is 17.9 Å². The number of nitrogens with zero attached hydrogens (tertiary/aromatic N) is 1. The fraction of sp³-hybridized carbons (Fsp3) is 0.667. The topological polar surface area (TPSA) is 22.1 Å². The Labute approximate surface area is 77.6 Å². The van der Waals surface area contributed by atoms with Crippen LogP contribution in [0.25, 0.3) is 0 Å². The molecule has 1 heterocycles. The second-order valence-corrected chi connectivity index (χ2v) is 4.75. The van der Waals surface area contributed by atoms with Gasteiger partial charge in [0.05, 0.1) is 12.3 Å². The zero-order valence-corrected chi connectivity index (χ0v) is 8.86. The van der Waals surface area contributed by atoms with Crippen molar-refractivity contribution in [3.05, 3.63) is 16.1 Å². The molecule has 12 heavy (non-hydrogen) atoms. The predicted octanol–water partition coefficient (Wildman–Crippen LogP) is 2.59. The number of methoxy groups -OCH3 is 1. The van der Waals surface area contributed by atoms with E-state index in [1.54, 1.807) is 18.4 Å². The van der Waals surface area contributed by atoms with E-state index in [1.807, 2.05) is 0 Å². The Morgan fingerprint density at radius 1 is 1.50 bits per heavy atom. The third kappa shape index (κ3) is 2.29. The number of thiazole rings is 1. The van der Waals surface area contributed by atoms with Crippen molar-refractivity contribution in [3.8, 4) is 0 Å². The lowest BCUT2D eigenvalue weighted by Crippen LogP contribution is -2.11. The first-order valence-corrected chi connectivity index (χ1v) is 4.86. The van der Waals surface area contributed by atoms with Gasteiger partial charge in [-0.3, -0.25) is 0 Å². The molecular weight excluding hydrogens is 170 g/mol. The van der Waals surface area contributed by atoms with Crippen LogP contribution in [0, 0.1) is 0 Å². The van der Waals surface area contributed by atoms with Crippen LogP contribution in [0.1, 0.15) is 31.5 Å².